The van der Waals surface area contributed by atoms with Crippen LogP contribution >= 0.6 is 0 Å². The van der Waals surface area contributed by atoms with Crippen LogP contribution in [-0.4, -0.2) is 22.9 Å². The van der Waals surface area contributed by atoms with Gasteiger partial charge >= 0.3 is 17.7 Å². The van der Waals surface area contributed by atoms with Crippen LogP contribution in [0.25, 0.3) is 5.57 Å². The number of hydrogen-bond donors (Lipinski definition) is 1. The van der Waals surface area contributed by atoms with Gasteiger partial charge in [-0.25, -0.2) is 13.6 Å². The van der Waals surface area contributed by atoms with Gasteiger partial charge in [-0.3, -0.25) is 0 Å². The fourth-order valence-electron chi connectivity index (χ4n) is 2.62. The van der Waals surface area contributed by atoms with E-state index < -0.39 is 35.3 Å². The van der Waals surface area contributed by atoms with Gasteiger partial charge in [0.25, 0.3) is 0 Å². The fourth-order valence-corrected chi connectivity index (χ4v) is 2.62. The third kappa shape index (κ3) is 2.32. The Labute approximate surface area is 122 Å². The van der Waals surface area contributed by atoms with E-state index >= 15 is 0 Å². The van der Waals surface area contributed by atoms with E-state index in [1.165, 1.54) is 6.92 Å². The van der Waals surface area contributed by atoms with E-state index in [1.807, 2.05) is 0 Å². The van der Waals surface area contributed by atoms with E-state index in [1.54, 1.807) is 0 Å². The number of carbonyl (C=O) groups is 1. The quantitative estimate of drug-likeness (QED) is 0.862. The molecule has 1 aromatic rings. The first-order valence-electron chi connectivity index (χ1n) is 6.28. The van der Waals surface area contributed by atoms with Crippen molar-refractivity contribution < 1.29 is 36.6 Å². The Kier molecular flexibility index (Phi) is 3.88. The molecule has 0 saturated carbocycles. The predicted molar refractivity (Wildman–Crippen MR) is 65.6 cm³/mol. The van der Waals surface area contributed by atoms with E-state index in [4.69, 9.17) is 5.11 Å². The number of alkyl halides is 3. The Morgan fingerprint density at radius 3 is 2.23 bits per heavy atom. The van der Waals surface area contributed by atoms with Gasteiger partial charge < -0.3 is 9.84 Å². The highest BCUT2D eigenvalue weighted by Crippen LogP contribution is 2.51. The molecule has 0 amide bonds. The molecule has 1 aromatic carbocycles. The van der Waals surface area contributed by atoms with Gasteiger partial charge in [0.15, 0.2) is 0 Å². The summed E-state index contributed by atoms with van der Waals surface area (Å²) in [4.78, 5) is 11.2. The lowest BCUT2D eigenvalue weighted by Crippen LogP contribution is -2.56. The standard InChI is InChI=1S/C14H11F5O3/c1-2-11-10(7-3-8(15)5-9(16)4-7)6-22-13(11,12(20)21)14(17,18)19/h3-6,11H,2H2,1H3,(H,20,21). The molecule has 0 radical (unpaired) electrons. The first-order valence-corrected chi connectivity index (χ1v) is 6.28. The molecule has 1 N–H and O–H groups in total. The van der Waals surface area contributed by atoms with Crippen molar-refractivity contribution in [3.8, 4) is 0 Å². The SMILES string of the molecule is CCC1C(c2cc(F)cc(F)c2)=COC1(C(=O)O)C(F)(F)F. The number of ether oxygens (including phenoxy) is 1. The van der Waals surface area contributed by atoms with Crippen molar-refractivity contribution >= 4 is 11.5 Å². The third-order valence-electron chi connectivity index (χ3n) is 3.58. The normalized spacial score (nSPS) is 24.8. The Bertz CT molecular complexity index is 618. The lowest BCUT2D eigenvalue weighted by Gasteiger charge is -2.32. The maximum atomic E-state index is 13.3. The van der Waals surface area contributed by atoms with Gasteiger partial charge in [0.1, 0.15) is 11.6 Å². The van der Waals surface area contributed by atoms with Crippen LogP contribution < -0.4 is 0 Å². The van der Waals surface area contributed by atoms with Gasteiger partial charge in [0.2, 0.25) is 0 Å². The van der Waals surface area contributed by atoms with Crippen molar-refractivity contribution in [2.75, 3.05) is 0 Å². The summed E-state index contributed by atoms with van der Waals surface area (Å²) in [5.41, 5.74) is -3.85. The average Bonchev–Trinajstić information content (AvgIpc) is 2.77. The Morgan fingerprint density at radius 2 is 1.82 bits per heavy atom. The summed E-state index contributed by atoms with van der Waals surface area (Å²) in [6.45, 7) is 1.34. The Balaban J connectivity index is 2.55. The van der Waals surface area contributed by atoms with Crippen molar-refractivity contribution in [1.29, 1.82) is 0 Å². The molecule has 2 unspecified atom stereocenters. The second-order valence-corrected chi connectivity index (χ2v) is 4.85. The summed E-state index contributed by atoms with van der Waals surface area (Å²) < 4.78 is 70.8. The van der Waals surface area contributed by atoms with Gasteiger partial charge in [-0.2, -0.15) is 13.2 Å². The predicted octanol–water partition coefficient (Wildman–Crippen LogP) is 3.75. The van der Waals surface area contributed by atoms with Crippen LogP contribution in [0.3, 0.4) is 0 Å². The number of carboxylic acids is 1. The van der Waals surface area contributed by atoms with Crippen molar-refractivity contribution in [2.45, 2.75) is 25.1 Å². The Morgan fingerprint density at radius 1 is 1.27 bits per heavy atom. The van der Waals surface area contributed by atoms with Crippen molar-refractivity contribution in [1.82, 2.24) is 0 Å². The lowest BCUT2D eigenvalue weighted by atomic mass is 9.79. The molecule has 0 bridgehead atoms. The maximum absolute atomic E-state index is 13.3. The summed E-state index contributed by atoms with van der Waals surface area (Å²) in [6.07, 6.45) is -4.82. The maximum Gasteiger partial charge on any atom is 0.440 e. The van der Waals surface area contributed by atoms with Crippen LogP contribution in [0.15, 0.2) is 24.5 Å². The molecule has 0 saturated heterocycles. The topological polar surface area (TPSA) is 46.5 Å². The van der Waals surface area contributed by atoms with Crippen LogP contribution in [0.1, 0.15) is 18.9 Å². The molecule has 0 aliphatic carbocycles. The first kappa shape index (κ1) is 16.3. The Hall–Kier alpha value is -2.12. The number of carboxylic acid groups (broad SMARTS) is 1. The number of rotatable bonds is 3. The molecule has 1 heterocycles. The highest BCUT2D eigenvalue weighted by atomic mass is 19.4. The molecule has 22 heavy (non-hydrogen) atoms. The van der Waals surface area contributed by atoms with Crippen LogP contribution in [0.2, 0.25) is 0 Å². The molecule has 3 nitrogen and oxygen atoms in total. The van der Waals surface area contributed by atoms with Gasteiger partial charge in [-0.15, -0.1) is 0 Å². The molecule has 2 rings (SSSR count). The summed E-state index contributed by atoms with van der Waals surface area (Å²) in [5, 5.41) is 9.05. The molecule has 0 spiro atoms. The molecule has 2 atom stereocenters. The van der Waals surface area contributed by atoms with Gasteiger partial charge in [-0.1, -0.05) is 6.92 Å². The number of benzene rings is 1. The van der Waals surface area contributed by atoms with Crippen LogP contribution in [0.4, 0.5) is 22.0 Å². The molecule has 0 fully saturated rings. The zero-order chi connectivity index (χ0) is 16.7. The number of hydrogen-bond acceptors (Lipinski definition) is 2. The smallest absolute Gasteiger partial charge is 0.440 e. The largest absolute Gasteiger partial charge is 0.478 e. The lowest BCUT2D eigenvalue weighted by molar-refractivity contribution is -0.266. The summed E-state index contributed by atoms with van der Waals surface area (Å²) in [5.74, 6) is -5.78. The zero-order valence-electron chi connectivity index (χ0n) is 11.2. The minimum Gasteiger partial charge on any atom is -0.478 e. The van der Waals surface area contributed by atoms with Crippen LogP contribution in [-0.2, 0) is 9.53 Å². The molecule has 8 heteroatoms. The van der Waals surface area contributed by atoms with Gasteiger partial charge in [0.05, 0.1) is 6.26 Å². The second-order valence-electron chi connectivity index (χ2n) is 4.85. The average molecular weight is 322 g/mol. The van der Waals surface area contributed by atoms with E-state index in [2.05, 4.69) is 4.74 Å². The third-order valence-corrected chi connectivity index (χ3v) is 3.58. The summed E-state index contributed by atoms with van der Waals surface area (Å²) in [6, 6.07) is 2.22. The monoisotopic (exact) mass is 322 g/mol. The minimum atomic E-state index is -5.19. The second kappa shape index (κ2) is 5.26. The highest BCUT2D eigenvalue weighted by Gasteiger charge is 2.70. The first-order chi connectivity index (χ1) is 10.1. The molecular formula is C14H11F5O3. The van der Waals surface area contributed by atoms with Crippen molar-refractivity contribution in [2.24, 2.45) is 5.92 Å². The van der Waals surface area contributed by atoms with Gasteiger partial charge in [-0.05, 0) is 24.1 Å². The zero-order valence-corrected chi connectivity index (χ0v) is 11.2. The molecular weight excluding hydrogens is 311 g/mol. The summed E-state index contributed by atoms with van der Waals surface area (Å²) >= 11 is 0. The van der Waals surface area contributed by atoms with Crippen molar-refractivity contribution in [3.05, 3.63) is 41.7 Å². The molecule has 120 valence electrons. The number of halogens is 5. The number of aliphatic carboxylic acids is 1. The molecule has 1 aliphatic rings. The highest BCUT2D eigenvalue weighted by molar-refractivity contribution is 5.86. The van der Waals surface area contributed by atoms with E-state index in [0.717, 1.165) is 12.1 Å². The van der Waals surface area contributed by atoms with Crippen LogP contribution in [0.5, 0.6) is 0 Å². The van der Waals surface area contributed by atoms with E-state index in [-0.39, 0.29) is 17.6 Å². The van der Waals surface area contributed by atoms with Crippen molar-refractivity contribution in [3.63, 3.8) is 0 Å². The fraction of sp³-hybridized carbons (Fsp3) is 0.357. The van der Waals surface area contributed by atoms with Crippen LogP contribution in [0, 0.1) is 17.6 Å². The molecule has 0 aromatic heterocycles. The van der Waals surface area contributed by atoms with E-state index in [0.29, 0.717) is 12.3 Å². The summed E-state index contributed by atoms with van der Waals surface area (Å²) in [7, 11) is 0. The van der Waals surface area contributed by atoms with Gasteiger partial charge in [0, 0.05) is 17.6 Å². The minimum absolute atomic E-state index is 0.184. The van der Waals surface area contributed by atoms with E-state index in [9.17, 15) is 26.7 Å². The molecule has 1 aliphatic heterocycles.